The van der Waals surface area contributed by atoms with Crippen LogP contribution >= 0.6 is 37.5 Å². The molecule has 1 saturated heterocycles. The molecule has 0 N–H and O–H groups in total. The van der Waals surface area contributed by atoms with Crippen LogP contribution in [0.25, 0.3) is 0 Å². The van der Waals surface area contributed by atoms with E-state index in [2.05, 4.69) is 34.7 Å². The van der Waals surface area contributed by atoms with E-state index in [9.17, 15) is 0 Å². The van der Waals surface area contributed by atoms with Crippen LogP contribution in [-0.4, -0.2) is 16.4 Å². The lowest BCUT2D eigenvalue weighted by molar-refractivity contribution is 0.216. The lowest BCUT2D eigenvalue weighted by Crippen LogP contribution is -2.38. The van der Waals surface area contributed by atoms with Crippen molar-refractivity contribution in [1.82, 2.24) is 4.31 Å². The van der Waals surface area contributed by atoms with Gasteiger partial charge in [0, 0.05) is 12.1 Å². The molecule has 6 heteroatoms. The van der Waals surface area contributed by atoms with Gasteiger partial charge in [0.2, 0.25) is 0 Å². The predicted octanol–water partition coefficient (Wildman–Crippen LogP) is 3.25. The van der Waals surface area contributed by atoms with Gasteiger partial charge < -0.3 is 0 Å². The third-order valence-electron chi connectivity index (χ3n) is 2.29. The van der Waals surface area contributed by atoms with Crippen molar-refractivity contribution in [1.29, 1.82) is 0 Å². The highest BCUT2D eigenvalue weighted by molar-refractivity contribution is 8.07. The van der Waals surface area contributed by atoms with E-state index in [-0.39, 0.29) is 0 Å². The van der Waals surface area contributed by atoms with Crippen LogP contribution < -0.4 is 0 Å². The zero-order valence-electron chi connectivity index (χ0n) is 7.80. The maximum absolute atomic E-state index is 5.12. The lowest BCUT2D eigenvalue weighted by atomic mass is 10.0. The molecule has 1 aliphatic rings. The Kier molecular flexibility index (Phi) is 5.93. The number of piperidine rings is 1. The average molecular weight is 241 g/mol. The first-order chi connectivity index (χ1) is 6.25. The summed E-state index contributed by atoms with van der Waals surface area (Å²) in [6.45, 7) is 4.44. The van der Waals surface area contributed by atoms with Gasteiger partial charge in [-0.1, -0.05) is 6.42 Å². The van der Waals surface area contributed by atoms with Gasteiger partial charge in [-0.3, -0.25) is 0 Å². The highest BCUT2D eigenvalue weighted by Gasteiger charge is 2.25. The highest BCUT2D eigenvalue weighted by Crippen LogP contribution is 2.32. The number of rotatable bonds is 4. The summed E-state index contributed by atoms with van der Waals surface area (Å²) < 4.78 is 11.8. The normalized spacial score (nSPS) is 30.7. The molecule has 0 radical (unpaired) electrons. The molecule has 0 saturated carbocycles. The third kappa shape index (κ3) is 3.89. The van der Waals surface area contributed by atoms with E-state index in [0.717, 1.165) is 12.3 Å². The van der Waals surface area contributed by atoms with Crippen LogP contribution in [0.1, 0.15) is 33.1 Å². The number of thiol groups is 1. The van der Waals surface area contributed by atoms with E-state index >= 15 is 0 Å². The molecule has 78 valence electrons. The summed E-state index contributed by atoms with van der Waals surface area (Å²) in [7, 11) is 0. The molecule has 0 amide bonds. The minimum Gasteiger partial charge on any atom is -0.222 e. The van der Waals surface area contributed by atoms with E-state index in [4.69, 9.17) is 3.63 Å². The minimum absolute atomic E-state index is 0.578. The molecule has 13 heavy (non-hydrogen) atoms. The molecule has 0 aromatic heterocycles. The zero-order chi connectivity index (χ0) is 9.68. The fourth-order valence-electron chi connectivity index (χ4n) is 1.60. The SMILES string of the molecule is CC1CCCC(C)N1SOSOS. The predicted molar refractivity (Wildman–Crippen MR) is 61.0 cm³/mol. The van der Waals surface area contributed by atoms with Gasteiger partial charge in [0.05, 0.1) is 12.2 Å². The van der Waals surface area contributed by atoms with Crippen molar-refractivity contribution in [2.75, 3.05) is 0 Å². The van der Waals surface area contributed by atoms with Crippen molar-refractivity contribution in [2.24, 2.45) is 0 Å². The van der Waals surface area contributed by atoms with Crippen molar-refractivity contribution in [3.05, 3.63) is 0 Å². The molecule has 1 rings (SSSR count). The van der Waals surface area contributed by atoms with Crippen LogP contribution in [0.5, 0.6) is 0 Å². The van der Waals surface area contributed by atoms with E-state index in [0.29, 0.717) is 12.1 Å². The summed E-state index contributed by atoms with van der Waals surface area (Å²) >= 11 is 5.82. The van der Waals surface area contributed by atoms with Gasteiger partial charge in [-0.05, 0) is 39.6 Å². The molecule has 0 bridgehead atoms. The smallest absolute Gasteiger partial charge is 0.185 e. The fraction of sp³-hybridized carbons (Fsp3) is 1.00. The third-order valence-corrected chi connectivity index (χ3v) is 3.89. The molecule has 3 nitrogen and oxygen atoms in total. The van der Waals surface area contributed by atoms with Crippen molar-refractivity contribution in [3.63, 3.8) is 0 Å². The summed E-state index contributed by atoms with van der Waals surface area (Å²) in [6.07, 6.45) is 3.80. The Morgan fingerprint density at radius 2 is 1.92 bits per heavy atom. The Morgan fingerprint density at radius 3 is 2.46 bits per heavy atom. The molecule has 1 heterocycles. The Labute approximate surface area is 94.3 Å². The Bertz CT molecular complexity index is 140. The first-order valence-electron chi connectivity index (χ1n) is 4.35. The second-order valence-corrected chi connectivity index (χ2v) is 5.12. The molecule has 0 spiro atoms. The Morgan fingerprint density at radius 1 is 1.31 bits per heavy atom. The summed E-state index contributed by atoms with van der Waals surface area (Å²) in [5, 5.41) is 0. The van der Waals surface area contributed by atoms with Crippen LogP contribution in [-0.2, 0) is 7.26 Å². The van der Waals surface area contributed by atoms with Crippen molar-refractivity contribution < 1.29 is 7.26 Å². The van der Waals surface area contributed by atoms with Crippen molar-refractivity contribution in [2.45, 2.75) is 45.2 Å². The summed E-state index contributed by atoms with van der Waals surface area (Å²) in [4.78, 5) is 0. The second-order valence-electron chi connectivity index (χ2n) is 3.27. The first kappa shape index (κ1) is 12.0. The lowest BCUT2D eigenvalue weighted by Gasteiger charge is -2.35. The van der Waals surface area contributed by atoms with Crippen LogP contribution in [0, 0.1) is 0 Å². The van der Waals surface area contributed by atoms with Crippen molar-refractivity contribution >= 4 is 37.5 Å². The first-order valence-corrected chi connectivity index (χ1v) is 6.08. The van der Waals surface area contributed by atoms with E-state index in [1.165, 1.54) is 31.5 Å². The van der Waals surface area contributed by atoms with Gasteiger partial charge in [0.1, 0.15) is 0 Å². The molecular formula is C7H15NO2S3. The van der Waals surface area contributed by atoms with Gasteiger partial charge >= 0.3 is 0 Å². The van der Waals surface area contributed by atoms with Gasteiger partial charge in [0.15, 0.2) is 12.3 Å². The topological polar surface area (TPSA) is 21.7 Å². The monoisotopic (exact) mass is 241 g/mol. The summed E-state index contributed by atoms with van der Waals surface area (Å²) in [5.74, 6) is 0. The Hall–Kier alpha value is 0.930. The van der Waals surface area contributed by atoms with Gasteiger partial charge in [-0.15, -0.1) is 0 Å². The minimum atomic E-state index is 0.578. The average Bonchev–Trinajstić information content (AvgIpc) is 2.10. The number of hydrogen-bond donors (Lipinski definition) is 1. The maximum Gasteiger partial charge on any atom is 0.185 e. The molecule has 0 aromatic carbocycles. The highest BCUT2D eigenvalue weighted by atomic mass is 32.3. The van der Waals surface area contributed by atoms with Crippen LogP contribution in [0.2, 0.25) is 0 Å². The van der Waals surface area contributed by atoms with Crippen LogP contribution in [0.4, 0.5) is 0 Å². The fourth-order valence-corrected chi connectivity index (χ4v) is 2.81. The maximum atomic E-state index is 5.12. The largest absolute Gasteiger partial charge is 0.222 e. The van der Waals surface area contributed by atoms with Crippen LogP contribution in [0.15, 0.2) is 0 Å². The molecule has 0 aliphatic carbocycles. The number of hydrogen-bond acceptors (Lipinski definition) is 6. The summed E-state index contributed by atoms with van der Waals surface area (Å²) in [5.41, 5.74) is 0. The molecule has 2 atom stereocenters. The Balaban J connectivity index is 2.26. The molecule has 1 aliphatic heterocycles. The van der Waals surface area contributed by atoms with Crippen LogP contribution in [0.3, 0.4) is 0 Å². The van der Waals surface area contributed by atoms with Gasteiger partial charge in [0.25, 0.3) is 0 Å². The quantitative estimate of drug-likeness (QED) is 0.352. The van der Waals surface area contributed by atoms with Gasteiger partial charge in [-0.2, -0.15) is 0 Å². The zero-order valence-corrected chi connectivity index (χ0v) is 10.3. The second kappa shape index (κ2) is 6.42. The van der Waals surface area contributed by atoms with E-state index < -0.39 is 0 Å². The van der Waals surface area contributed by atoms with E-state index in [1.807, 2.05) is 0 Å². The summed E-state index contributed by atoms with van der Waals surface area (Å²) in [6, 6.07) is 1.16. The number of nitrogens with zero attached hydrogens (tertiary/aromatic N) is 1. The van der Waals surface area contributed by atoms with Crippen molar-refractivity contribution in [3.8, 4) is 0 Å². The van der Waals surface area contributed by atoms with E-state index in [1.54, 1.807) is 0 Å². The molecular weight excluding hydrogens is 226 g/mol. The van der Waals surface area contributed by atoms with Gasteiger partial charge in [-0.25, -0.2) is 11.6 Å². The molecule has 0 aromatic rings. The molecule has 2 unspecified atom stereocenters. The standard InChI is InChI=1S/C7H15NO2S3/c1-6-4-3-5-7(2)8(6)12-10-13-9-11/h6-7,11H,3-5H2,1-2H3. The molecule has 1 fully saturated rings.